The summed E-state index contributed by atoms with van der Waals surface area (Å²) < 4.78 is 7.29. The lowest BCUT2D eigenvalue weighted by Crippen LogP contribution is -2.28. The van der Waals surface area contributed by atoms with E-state index in [-0.39, 0.29) is 18.4 Å². The maximum Gasteiger partial charge on any atom is 0.240 e. The Morgan fingerprint density at radius 2 is 2.35 bits per heavy atom. The first-order valence-electron chi connectivity index (χ1n) is 7.86. The van der Waals surface area contributed by atoms with E-state index in [0.29, 0.717) is 13.2 Å². The Kier molecular flexibility index (Phi) is 4.97. The molecule has 1 atom stereocenters. The normalized spacial score (nSPS) is 17.9. The fourth-order valence-electron chi connectivity index (χ4n) is 2.62. The van der Waals surface area contributed by atoms with Gasteiger partial charge < -0.3 is 14.6 Å². The zero-order valence-corrected chi connectivity index (χ0v) is 13.2. The molecule has 122 valence electrons. The van der Waals surface area contributed by atoms with E-state index in [1.54, 1.807) is 23.2 Å². The summed E-state index contributed by atoms with van der Waals surface area (Å²) in [4.78, 5) is 25.0. The van der Waals surface area contributed by atoms with Crippen LogP contribution in [-0.2, 0) is 22.6 Å². The van der Waals surface area contributed by atoms with Gasteiger partial charge in [0.05, 0.1) is 18.8 Å². The Morgan fingerprint density at radius 1 is 1.43 bits per heavy atom. The molecule has 7 nitrogen and oxygen atoms in total. The second-order valence-electron chi connectivity index (χ2n) is 5.70. The summed E-state index contributed by atoms with van der Waals surface area (Å²) in [5.74, 6) is 1.82. The molecule has 0 spiro atoms. The van der Waals surface area contributed by atoms with Crippen LogP contribution in [0.1, 0.15) is 36.1 Å². The quantitative estimate of drug-likeness (QED) is 0.896. The predicted molar refractivity (Wildman–Crippen MR) is 83.6 cm³/mol. The first-order valence-corrected chi connectivity index (χ1v) is 7.86. The monoisotopic (exact) mass is 315 g/mol. The zero-order chi connectivity index (χ0) is 16.1. The number of aryl methyl sites for hydroxylation is 1. The molecule has 1 unspecified atom stereocenters. The van der Waals surface area contributed by atoms with Crippen LogP contribution in [0.3, 0.4) is 0 Å². The van der Waals surface area contributed by atoms with Crippen LogP contribution in [0.5, 0.6) is 0 Å². The average Bonchev–Trinajstić information content (AvgIpc) is 2.99. The third kappa shape index (κ3) is 4.13. The van der Waals surface area contributed by atoms with Gasteiger partial charge in [-0.25, -0.2) is 15.0 Å². The number of amides is 1. The van der Waals surface area contributed by atoms with Crippen LogP contribution in [0.25, 0.3) is 0 Å². The molecule has 3 heterocycles. The molecule has 1 amide bonds. The Bertz CT molecular complexity index is 664. The molecule has 0 aliphatic carbocycles. The van der Waals surface area contributed by atoms with Crippen molar-refractivity contribution in [2.24, 2.45) is 0 Å². The SMILES string of the molecule is Cc1nccn1CC(=O)NCc1ccnc(C2CCCOC2)n1. The van der Waals surface area contributed by atoms with E-state index in [2.05, 4.69) is 20.3 Å². The smallest absolute Gasteiger partial charge is 0.240 e. The van der Waals surface area contributed by atoms with Crippen molar-refractivity contribution in [3.05, 3.63) is 42.0 Å². The Morgan fingerprint density at radius 3 is 3.09 bits per heavy atom. The van der Waals surface area contributed by atoms with Crippen LogP contribution in [0.15, 0.2) is 24.7 Å². The van der Waals surface area contributed by atoms with Crippen LogP contribution >= 0.6 is 0 Å². The summed E-state index contributed by atoms with van der Waals surface area (Å²) in [6, 6.07) is 1.83. The highest BCUT2D eigenvalue weighted by Gasteiger charge is 2.18. The third-order valence-electron chi connectivity index (χ3n) is 3.96. The number of carbonyl (C=O) groups is 1. The minimum Gasteiger partial charge on any atom is -0.381 e. The minimum absolute atomic E-state index is 0.0627. The number of ether oxygens (including phenoxy) is 1. The molecule has 23 heavy (non-hydrogen) atoms. The molecule has 1 aliphatic rings. The summed E-state index contributed by atoms with van der Waals surface area (Å²) in [6.45, 7) is 4.03. The van der Waals surface area contributed by atoms with Crippen molar-refractivity contribution in [2.75, 3.05) is 13.2 Å². The number of nitrogens with zero attached hydrogens (tertiary/aromatic N) is 4. The lowest BCUT2D eigenvalue weighted by Gasteiger charge is -2.20. The molecule has 0 aromatic carbocycles. The molecule has 3 rings (SSSR count). The fourth-order valence-corrected chi connectivity index (χ4v) is 2.62. The fraction of sp³-hybridized carbons (Fsp3) is 0.500. The second-order valence-corrected chi connectivity index (χ2v) is 5.70. The Hall–Kier alpha value is -2.28. The molecule has 0 radical (unpaired) electrons. The summed E-state index contributed by atoms with van der Waals surface area (Å²) >= 11 is 0. The maximum absolute atomic E-state index is 12.0. The molecule has 1 N–H and O–H groups in total. The van der Waals surface area contributed by atoms with Gasteiger partial charge in [0.1, 0.15) is 18.2 Å². The van der Waals surface area contributed by atoms with Gasteiger partial charge in [0.25, 0.3) is 0 Å². The maximum atomic E-state index is 12.0. The number of hydrogen-bond acceptors (Lipinski definition) is 5. The summed E-state index contributed by atoms with van der Waals surface area (Å²) in [5.41, 5.74) is 0.816. The minimum atomic E-state index is -0.0627. The van der Waals surface area contributed by atoms with Gasteiger partial charge in [-0.05, 0) is 25.8 Å². The van der Waals surface area contributed by atoms with E-state index in [1.807, 2.05) is 13.0 Å². The molecule has 0 saturated carbocycles. The van der Waals surface area contributed by atoms with Crippen molar-refractivity contribution >= 4 is 5.91 Å². The highest BCUT2D eigenvalue weighted by atomic mass is 16.5. The van der Waals surface area contributed by atoms with E-state index in [9.17, 15) is 4.79 Å². The molecule has 2 aromatic rings. The topological polar surface area (TPSA) is 81.9 Å². The summed E-state index contributed by atoms with van der Waals surface area (Å²) in [6.07, 6.45) is 7.32. The highest BCUT2D eigenvalue weighted by molar-refractivity contribution is 5.75. The number of hydrogen-bond donors (Lipinski definition) is 1. The van der Waals surface area contributed by atoms with Crippen molar-refractivity contribution in [3.8, 4) is 0 Å². The third-order valence-corrected chi connectivity index (χ3v) is 3.96. The van der Waals surface area contributed by atoms with Gasteiger partial charge >= 0.3 is 0 Å². The molecule has 7 heteroatoms. The number of aromatic nitrogens is 4. The van der Waals surface area contributed by atoms with Crippen LogP contribution in [0, 0.1) is 6.92 Å². The van der Waals surface area contributed by atoms with E-state index < -0.39 is 0 Å². The molecule has 1 aliphatic heterocycles. The van der Waals surface area contributed by atoms with Crippen molar-refractivity contribution in [2.45, 2.75) is 38.8 Å². The van der Waals surface area contributed by atoms with Gasteiger partial charge in [-0.1, -0.05) is 0 Å². The highest BCUT2D eigenvalue weighted by Crippen LogP contribution is 2.22. The first-order chi connectivity index (χ1) is 11.2. The van der Waals surface area contributed by atoms with Crippen molar-refractivity contribution in [1.82, 2.24) is 24.8 Å². The first kappa shape index (κ1) is 15.6. The summed E-state index contributed by atoms with van der Waals surface area (Å²) in [5, 5.41) is 2.89. The lowest BCUT2D eigenvalue weighted by atomic mass is 10.0. The van der Waals surface area contributed by atoms with Gasteiger partial charge in [0.2, 0.25) is 5.91 Å². The number of rotatable bonds is 5. The molecule has 2 aromatic heterocycles. The van der Waals surface area contributed by atoms with E-state index in [1.165, 1.54) is 0 Å². The molecule has 1 fully saturated rings. The van der Waals surface area contributed by atoms with Crippen LogP contribution < -0.4 is 5.32 Å². The van der Waals surface area contributed by atoms with E-state index in [4.69, 9.17) is 4.74 Å². The van der Waals surface area contributed by atoms with Crippen LogP contribution in [0.4, 0.5) is 0 Å². The summed E-state index contributed by atoms with van der Waals surface area (Å²) in [7, 11) is 0. The van der Waals surface area contributed by atoms with Crippen LogP contribution in [0.2, 0.25) is 0 Å². The van der Waals surface area contributed by atoms with Gasteiger partial charge in [-0.15, -0.1) is 0 Å². The lowest BCUT2D eigenvalue weighted by molar-refractivity contribution is -0.121. The van der Waals surface area contributed by atoms with Crippen LogP contribution in [-0.4, -0.2) is 38.6 Å². The van der Waals surface area contributed by atoms with Gasteiger partial charge in [-0.3, -0.25) is 4.79 Å². The van der Waals surface area contributed by atoms with Gasteiger partial charge in [0.15, 0.2) is 0 Å². The molecular formula is C16H21N5O2. The van der Waals surface area contributed by atoms with Gasteiger partial charge in [0, 0.05) is 31.1 Å². The number of imidazole rings is 1. The van der Waals surface area contributed by atoms with E-state index in [0.717, 1.165) is 36.8 Å². The molecule has 1 saturated heterocycles. The van der Waals surface area contributed by atoms with Gasteiger partial charge in [-0.2, -0.15) is 0 Å². The number of nitrogens with one attached hydrogen (secondary N) is 1. The van der Waals surface area contributed by atoms with Crippen molar-refractivity contribution < 1.29 is 9.53 Å². The predicted octanol–water partition coefficient (Wildman–Crippen LogP) is 1.19. The number of carbonyl (C=O) groups excluding carboxylic acids is 1. The zero-order valence-electron chi connectivity index (χ0n) is 13.2. The Labute approximate surface area is 135 Å². The molecule has 0 bridgehead atoms. The second kappa shape index (κ2) is 7.32. The molecular weight excluding hydrogens is 294 g/mol. The van der Waals surface area contributed by atoms with Crippen molar-refractivity contribution in [1.29, 1.82) is 0 Å². The standard InChI is InChI=1S/C16H21N5O2/c1-12-17-6-7-21(12)10-15(22)19-9-14-4-5-18-16(20-14)13-3-2-8-23-11-13/h4-7,13H,2-3,8-11H2,1H3,(H,19,22). The largest absolute Gasteiger partial charge is 0.381 e. The Balaban J connectivity index is 1.55. The van der Waals surface area contributed by atoms with E-state index >= 15 is 0 Å². The van der Waals surface area contributed by atoms with Crippen molar-refractivity contribution in [3.63, 3.8) is 0 Å². The average molecular weight is 315 g/mol.